The summed E-state index contributed by atoms with van der Waals surface area (Å²) in [6, 6.07) is 5.08. The number of ether oxygens (including phenoxy) is 2. The molecular weight excluding hydrogens is 589 g/mol. The first-order valence-corrected chi connectivity index (χ1v) is 18.8. The van der Waals surface area contributed by atoms with Gasteiger partial charge in [-0.25, -0.2) is 0 Å². The van der Waals surface area contributed by atoms with Gasteiger partial charge < -0.3 is 19.5 Å². The largest absolute Gasteiger partial charge is 0.474 e. The molecule has 1 heterocycles. The fourth-order valence-electron chi connectivity index (χ4n) is 6.29. The van der Waals surface area contributed by atoms with E-state index in [0.29, 0.717) is 17.9 Å². The third kappa shape index (κ3) is 16.1. The predicted octanol–water partition coefficient (Wildman–Crippen LogP) is 10.7. The predicted molar refractivity (Wildman–Crippen MR) is 185 cm³/mol. The topological polar surface area (TPSA) is 45.2 Å². The summed E-state index contributed by atoms with van der Waals surface area (Å²) in [6.07, 6.45) is 20.3. The van der Waals surface area contributed by atoms with Gasteiger partial charge in [0.1, 0.15) is 11.5 Å². The summed E-state index contributed by atoms with van der Waals surface area (Å²) in [7, 11) is 4.20. The number of rotatable bonds is 27. The first-order valence-electron chi connectivity index (χ1n) is 18.8. The van der Waals surface area contributed by atoms with E-state index >= 15 is 0 Å². The van der Waals surface area contributed by atoms with Crippen molar-refractivity contribution in [3.63, 3.8) is 0 Å². The van der Waals surface area contributed by atoms with Gasteiger partial charge in [0.25, 0.3) is 0 Å². The van der Waals surface area contributed by atoms with E-state index in [2.05, 4.69) is 37.7 Å². The van der Waals surface area contributed by atoms with Crippen molar-refractivity contribution in [1.29, 1.82) is 0 Å². The number of likely N-dealkylation sites (N-methyl/N-ethyl adjacent to an activating group) is 2. The average molecular weight is 657 g/mol. The Balaban J connectivity index is 1.87. The molecule has 8 heteroatoms. The molecule has 1 aromatic carbocycles. The zero-order valence-electron chi connectivity index (χ0n) is 29.8. The van der Waals surface area contributed by atoms with E-state index in [0.717, 1.165) is 25.9 Å². The number of fused-ring (bicyclic) bond motifs is 1. The van der Waals surface area contributed by atoms with Crippen molar-refractivity contribution in [3.8, 4) is 11.5 Å². The summed E-state index contributed by atoms with van der Waals surface area (Å²) >= 11 is 0. The third-order valence-electron chi connectivity index (χ3n) is 9.48. The smallest absolute Gasteiger partial charge is 0.455 e. The molecule has 0 saturated carbocycles. The number of alkyl halides is 3. The Morgan fingerprint density at radius 1 is 0.761 bits per heavy atom. The van der Waals surface area contributed by atoms with Crippen LogP contribution in [0.1, 0.15) is 154 Å². The minimum Gasteiger partial charge on any atom is -0.474 e. The maximum absolute atomic E-state index is 13.5. The van der Waals surface area contributed by atoms with Crippen LogP contribution in [-0.4, -0.2) is 66.8 Å². The second kappa shape index (κ2) is 23.0. The lowest BCUT2D eigenvalue weighted by Crippen LogP contribution is -2.52. The van der Waals surface area contributed by atoms with Crippen LogP contribution in [0.5, 0.6) is 11.5 Å². The molecule has 2 atom stereocenters. The Kier molecular flexibility index (Phi) is 20.3. The summed E-state index contributed by atoms with van der Waals surface area (Å²) in [5.74, 6) is -2.67. The van der Waals surface area contributed by atoms with Gasteiger partial charge >= 0.3 is 12.0 Å². The minimum atomic E-state index is -4.86. The summed E-state index contributed by atoms with van der Waals surface area (Å²) in [6.45, 7) is 7.07. The normalized spacial score (nSPS) is 17.3. The van der Waals surface area contributed by atoms with Gasteiger partial charge in [-0.15, -0.1) is 0 Å². The fraction of sp³-hybridized carbons (Fsp3) is 0.842. The van der Waals surface area contributed by atoms with Gasteiger partial charge in [0, 0.05) is 25.6 Å². The van der Waals surface area contributed by atoms with Crippen molar-refractivity contribution >= 4 is 0 Å². The van der Waals surface area contributed by atoms with E-state index in [1.165, 1.54) is 122 Å². The van der Waals surface area contributed by atoms with Crippen LogP contribution in [0.4, 0.5) is 13.2 Å². The zero-order chi connectivity index (χ0) is 33.7. The van der Waals surface area contributed by atoms with E-state index < -0.39 is 18.4 Å². The molecule has 0 bridgehead atoms. The number of nitrogens with zero attached hydrogens (tertiary/aromatic N) is 2. The molecule has 2 unspecified atom stereocenters. The maximum atomic E-state index is 13.5. The van der Waals surface area contributed by atoms with Gasteiger partial charge in [0.15, 0.2) is 6.23 Å². The number of hydrogen-bond acceptors (Lipinski definition) is 5. The van der Waals surface area contributed by atoms with Gasteiger partial charge in [0.2, 0.25) is 0 Å². The molecular formula is C38H67F3N2O3. The van der Waals surface area contributed by atoms with E-state index in [-0.39, 0.29) is 18.4 Å². The highest BCUT2D eigenvalue weighted by Crippen LogP contribution is 2.42. The Morgan fingerprint density at radius 2 is 1.24 bits per heavy atom. The Labute approximate surface area is 279 Å². The SMILES string of the molecule is CCCCCCCCCCCCN(C)CC(Oc1ccc2c(c1)OC(O)(C(F)(F)F)CC2)N(C)CCCCCCCCCCCC. The van der Waals surface area contributed by atoms with Crippen LogP contribution in [0.2, 0.25) is 0 Å². The second-order valence-electron chi connectivity index (χ2n) is 13.8. The highest BCUT2D eigenvalue weighted by Gasteiger charge is 2.57. The quantitative estimate of drug-likeness (QED) is 0.0754. The summed E-state index contributed by atoms with van der Waals surface area (Å²) in [5, 5.41) is 10.1. The third-order valence-corrected chi connectivity index (χ3v) is 9.48. The van der Waals surface area contributed by atoms with Crippen molar-refractivity contribution in [1.82, 2.24) is 9.80 Å². The zero-order valence-corrected chi connectivity index (χ0v) is 29.8. The average Bonchev–Trinajstić information content (AvgIpc) is 3.01. The summed E-state index contributed by atoms with van der Waals surface area (Å²) < 4.78 is 52.0. The highest BCUT2D eigenvalue weighted by molar-refractivity contribution is 5.42. The Bertz CT molecular complexity index is 916. The molecule has 0 spiro atoms. The van der Waals surface area contributed by atoms with Gasteiger partial charge in [0.05, 0.1) is 0 Å². The molecule has 1 N–H and O–H groups in total. The minimum absolute atomic E-state index is 0.0402. The molecule has 46 heavy (non-hydrogen) atoms. The monoisotopic (exact) mass is 657 g/mol. The molecule has 1 aromatic rings. The highest BCUT2D eigenvalue weighted by atomic mass is 19.4. The lowest BCUT2D eigenvalue weighted by atomic mass is 9.99. The van der Waals surface area contributed by atoms with Crippen LogP contribution >= 0.6 is 0 Å². The molecule has 0 saturated heterocycles. The number of aliphatic hydroxyl groups is 1. The Morgan fingerprint density at radius 3 is 1.74 bits per heavy atom. The number of benzene rings is 1. The van der Waals surface area contributed by atoms with Crippen LogP contribution in [0.25, 0.3) is 0 Å². The molecule has 0 aromatic heterocycles. The van der Waals surface area contributed by atoms with Crippen LogP contribution in [0, 0.1) is 0 Å². The van der Waals surface area contributed by atoms with Crippen LogP contribution < -0.4 is 9.47 Å². The van der Waals surface area contributed by atoms with Gasteiger partial charge in [-0.05, 0) is 51.5 Å². The van der Waals surface area contributed by atoms with Gasteiger partial charge in [-0.2, -0.15) is 13.2 Å². The molecule has 5 nitrogen and oxygen atoms in total. The fourth-order valence-corrected chi connectivity index (χ4v) is 6.29. The van der Waals surface area contributed by atoms with Crippen LogP contribution in [-0.2, 0) is 6.42 Å². The first-order chi connectivity index (χ1) is 22.1. The van der Waals surface area contributed by atoms with Crippen molar-refractivity contribution in [2.75, 3.05) is 33.7 Å². The molecule has 1 aliphatic heterocycles. The van der Waals surface area contributed by atoms with E-state index in [9.17, 15) is 18.3 Å². The molecule has 1 aliphatic rings. The summed E-state index contributed by atoms with van der Waals surface area (Å²) in [4.78, 5) is 4.54. The first kappa shape index (κ1) is 40.7. The molecule has 268 valence electrons. The number of unbranched alkanes of at least 4 members (excludes halogenated alkanes) is 18. The lowest BCUT2D eigenvalue weighted by molar-refractivity contribution is -0.340. The number of aryl methyl sites for hydroxylation is 1. The standard InChI is InChI=1S/C38H67F3N2O3/c1-5-7-9-11-13-15-17-19-21-23-29-42(3)32-36(43(4)30-24-22-20-18-16-14-12-10-8-6-2)45-34-26-25-33-27-28-37(44,38(39,40)41)46-35(33)31-34/h25-26,31,36,44H,5-24,27-30,32H2,1-4H3. The van der Waals surface area contributed by atoms with E-state index in [1.807, 2.05) is 6.07 Å². The van der Waals surface area contributed by atoms with Gasteiger partial charge in [-0.3, -0.25) is 4.90 Å². The van der Waals surface area contributed by atoms with Crippen molar-refractivity contribution in [2.45, 2.75) is 173 Å². The van der Waals surface area contributed by atoms with Crippen molar-refractivity contribution in [3.05, 3.63) is 23.8 Å². The summed E-state index contributed by atoms with van der Waals surface area (Å²) in [5.41, 5.74) is 0.648. The Hall–Kier alpha value is -1.51. The molecule has 0 fully saturated rings. The molecule has 0 radical (unpaired) electrons. The van der Waals surface area contributed by atoms with E-state index in [4.69, 9.17) is 9.47 Å². The maximum Gasteiger partial charge on any atom is 0.455 e. The molecule has 0 aliphatic carbocycles. The van der Waals surface area contributed by atoms with Crippen LogP contribution in [0.15, 0.2) is 18.2 Å². The molecule has 2 rings (SSSR count). The molecule has 0 amide bonds. The lowest BCUT2D eigenvalue weighted by Gasteiger charge is -2.36. The van der Waals surface area contributed by atoms with Crippen LogP contribution in [0.3, 0.4) is 0 Å². The van der Waals surface area contributed by atoms with Gasteiger partial charge in [-0.1, -0.05) is 135 Å². The van der Waals surface area contributed by atoms with E-state index in [1.54, 1.807) is 6.07 Å². The number of halogens is 3. The number of hydrogen-bond donors (Lipinski definition) is 1. The van der Waals surface area contributed by atoms with Crippen molar-refractivity contribution < 1.29 is 27.8 Å². The van der Waals surface area contributed by atoms with Crippen molar-refractivity contribution in [2.24, 2.45) is 0 Å². The second-order valence-corrected chi connectivity index (χ2v) is 13.8.